The monoisotopic (exact) mass is 293 g/mol. The van der Waals surface area contributed by atoms with Gasteiger partial charge in [0.15, 0.2) is 0 Å². The minimum absolute atomic E-state index is 0.0287. The summed E-state index contributed by atoms with van der Waals surface area (Å²) in [6.07, 6.45) is 0. The number of amides is 2. The van der Waals surface area contributed by atoms with E-state index in [1.54, 1.807) is 6.07 Å². The Kier molecular flexibility index (Phi) is 3.06. The van der Waals surface area contributed by atoms with Crippen LogP contribution in [-0.4, -0.2) is 36.3 Å². The van der Waals surface area contributed by atoms with Crippen LogP contribution in [0.5, 0.6) is 0 Å². The Balaban J connectivity index is 1.99. The van der Waals surface area contributed by atoms with E-state index in [9.17, 15) is 14.0 Å². The van der Waals surface area contributed by atoms with Gasteiger partial charge < -0.3 is 16.0 Å². The van der Waals surface area contributed by atoms with E-state index in [4.69, 9.17) is 5.73 Å². The molecule has 1 aromatic carbocycles. The van der Waals surface area contributed by atoms with E-state index in [1.807, 2.05) is 0 Å². The quantitative estimate of drug-likeness (QED) is 0.829. The number of hydrogen-bond donors (Lipinski definition) is 2. The Morgan fingerprint density at radius 3 is 3.00 bits per heavy atom. The van der Waals surface area contributed by atoms with Gasteiger partial charge in [-0.2, -0.15) is 0 Å². The second kappa shape index (κ2) is 4.75. The highest BCUT2D eigenvalue weighted by atomic mass is 32.1. The number of nitrogens with two attached hydrogens (primary N) is 1. The van der Waals surface area contributed by atoms with Crippen LogP contribution in [0.1, 0.15) is 9.67 Å². The lowest BCUT2D eigenvalue weighted by atomic mass is 10.2. The fourth-order valence-corrected chi connectivity index (χ4v) is 3.27. The van der Waals surface area contributed by atoms with Crippen LogP contribution < -0.4 is 11.1 Å². The average Bonchev–Trinajstić information content (AvgIpc) is 2.75. The first kappa shape index (κ1) is 12.9. The van der Waals surface area contributed by atoms with Crippen molar-refractivity contribution in [3.8, 4) is 0 Å². The largest absolute Gasteiger partial charge is 0.397 e. The molecule has 1 fully saturated rings. The molecule has 0 aliphatic carbocycles. The fourth-order valence-electron chi connectivity index (χ4n) is 2.20. The van der Waals surface area contributed by atoms with Gasteiger partial charge in [-0.1, -0.05) is 0 Å². The molecular weight excluding hydrogens is 281 g/mol. The molecule has 2 amide bonds. The lowest BCUT2D eigenvalue weighted by Gasteiger charge is -2.26. The maximum absolute atomic E-state index is 13.2. The number of carbonyl (C=O) groups is 2. The van der Waals surface area contributed by atoms with Crippen molar-refractivity contribution in [3.05, 3.63) is 28.9 Å². The summed E-state index contributed by atoms with van der Waals surface area (Å²) < 4.78 is 14.0. The molecule has 1 aliphatic heterocycles. The maximum Gasteiger partial charge on any atom is 0.266 e. The summed E-state index contributed by atoms with van der Waals surface area (Å²) in [4.78, 5) is 25.5. The molecule has 1 aliphatic rings. The van der Waals surface area contributed by atoms with Crippen molar-refractivity contribution in [2.45, 2.75) is 0 Å². The molecule has 3 N–H and O–H groups in total. The van der Waals surface area contributed by atoms with E-state index in [0.29, 0.717) is 23.4 Å². The third-order valence-corrected chi connectivity index (χ3v) is 4.38. The first-order chi connectivity index (χ1) is 9.56. The normalized spacial score (nSPS) is 15.4. The van der Waals surface area contributed by atoms with Gasteiger partial charge in [-0.15, -0.1) is 11.3 Å². The van der Waals surface area contributed by atoms with Gasteiger partial charge in [-0.25, -0.2) is 4.39 Å². The number of benzene rings is 1. The molecule has 3 rings (SSSR count). The molecular formula is C13H12FN3O2S. The molecule has 0 unspecified atom stereocenters. The minimum Gasteiger partial charge on any atom is -0.397 e. The number of carbonyl (C=O) groups excluding carboxylic acids is 2. The van der Waals surface area contributed by atoms with E-state index in [0.717, 1.165) is 4.70 Å². The number of rotatable bonds is 1. The first-order valence-electron chi connectivity index (χ1n) is 6.10. The van der Waals surface area contributed by atoms with E-state index < -0.39 is 5.82 Å². The number of piperazine rings is 1. The molecule has 0 atom stereocenters. The van der Waals surface area contributed by atoms with Gasteiger partial charge in [0.2, 0.25) is 5.91 Å². The predicted molar refractivity (Wildman–Crippen MR) is 75.1 cm³/mol. The van der Waals surface area contributed by atoms with Crippen molar-refractivity contribution in [2.75, 3.05) is 25.4 Å². The number of nitrogens with zero attached hydrogens (tertiary/aromatic N) is 1. The third kappa shape index (κ3) is 2.09. The molecule has 0 bridgehead atoms. The number of halogens is 1. The van der Waals surface area contributed by atoms with Crippen LogP contribution >= 0.6 is 11.3 Å². The molecule has 7 heteroatoms. The Bertz CT molecular complexity index is 713. The Morgan fingerprint density at radius 1 is 1.45 bits per heavy atom. The third-order valence-electron chi connectivity index (χ3n) is 3.21. The van der Waals surface area contributed by atoms with Crippen LogP contribution in [0.4, 0.5) is 10.1 Å². The average molecular weight is 293 g/mol. The zero-order valence-corrected chi connectivity index (χ0v) is 11.3. The van der Waals surface area contributed by atoms with E-state index in [1.165, 1.54) is 28.4 Å². The van der Waals surface area contributed by atoms with Gasteiger partial charge in [-0.05, 0) is 18.2 Å². The highest BCUT2D eigenvalue weighted by Gasteiger charge is 2.26. The molecule has 104 valence electrons. The lowest BCUT2D eigenvalue weighted by Crippen LogP contribution is -2.49. The SMILES string of the molecule is Nc1c(C(=O)N2CCNC(=O)C2)sc2ccc(F)cc12. The molecule has 0 spiro atoms. The van der Waals surface area contributed by atoms with Crippen molar-refractivity contribution in [2.24, 2.45) is 0 Å². The molecule has 1 saturated heterocycles. The van der Waals surface area contributed by atoms with Crippen LogP contribution in [0.25, 0.3) is 10.1 Å². The van der Waals surface area contributed by atoms with Gasteiger partial charge in [0.25, 0.3) is 5.91 Å². The van der Waals surface area contributed by atoms with Crippen LogP contribution in [-0.2, 0) is 4.79 Å². The summed E-state index contributed by atoms with van der Waals surface area (Å²) in [7, 11) is 0. The molecule has 1 aromatic heterocycles. The predicted octanol–water partition coefficient (Wildman–Crippen LogP) is 1.19. The number of nitrogens with one attached hydrogen (secondary N) is 1. The van der Waals surface area contributed by atoms with E-state index in [2.05, 4.69) is 5.32 Å². The Labute approximate surface area is 118 Å². The highest BCUT2D eigenvalue weighted by molar-refractivity contribution is 7.21. The molecule has 2 aromatic rings. The smallest absolute Gasteiger partial charge is 0.266 e. The maximum atomic E-state index is 13.2. The fraction of sp³-hybridized carbons (Fsp3) is 0.231. The Hall–Kier alpha value is -2.15. The van der Waals surface area contributed by atoms with Crippen molar-refractivity contribution >= 4 is 38.9 Å². The van der Waals surface area contributed by atoms with Crippen molar-refractivity contribution in [1.82, 2.24) is 10.2 Å². The minimum atomic E-state index is -0.390. The number of nitrogen functional groups attached to an aromatic ring is 1. The van der Waals surface area contributed by atoms with Gasteiger partial charge in [0.1, 0.15) is 10.7 Å². The summed E-state index contributed by atoms with van der Waals surface area (Å²) in [5, 5.41) is 3.20. The second-order valence-electron chi connectivity index (χ2n) is 4.56. The molecule has 5 nitrogen and oxygen atoms in total. The molecule has 20 heavy (non-hydrogen) atoms. The summed E-state index contributed by atoms with van der Waals surface area (Å²) in [6.45, 7) is 0.914. The standard InChI is InChI=1S/C13H12FN3O2S/c14-7-1-2-9-8(5-7)11(15)12(20-9)13(19)17-4-3-16-10(18)6-17/h1-2,5H,3-4,6,15H2,(H,16,18). The summed E-state index contributed by atoms with van der Waals surface area (Å²) in [5.74, 6) is -0.854. The summed E-state index contributed by atoms with van der Waals surface area (Å²) in [5.41, 5.74) is 6.22. The van der Waals surface area contributed by atoms with Gasteiger partial charge in [0.05, 0.1) is 12.2 Å². The zero-order valence-electron chi connectivity index (χ0n) is 10.5. The molecule has 2 heterocycles. The van der Waals surface area contributed by atoms with Crippen molar-refractivity contribution in [1.29, 1.82) is 0 Å². The van der Waals surface area contributed by atoms with Gasteiger partial charge in [0, 0.05) is 23.2 Å². The molecule has 0 radical (unpaired) electrons. The van der Waals surface area contributed by atoms with Crippen LogP contribution in [0.3, 0.4) is 0 Å². The topological polar surface area (TPSA) is 75.4 Å². The Morgan fingerprint density at radius 2 is 2.25 bits per heavy atom. The summed E-state index contributed by atoms with van der Waals surface area (Å²) >= 11 is 1.22. The zero-order chi connectivity index (χ0) is 14.3. The number of anilines is 1. The van der Waals surface area contributed by atoms with Gasteiger partial charge in [-0.3, -0.25) is 9.59 Å². The van der Waals surface area contributed by atoms with E-state index in [-0.39, 0.29) is 24.0 Å². The number of thiophene rings is 1. The summed E-state index contributed by atoms with van der Waals surface area (Å²) in [6, 6.07) is 4.26. The van der Waals surface area contributed by atoms with Crippen LogP contribution in [0.2, 0.25) is 0 Å². The number of fused-ring (bicyclic) bond motifs is 1. The van der Waals surface area contributed by atoms with E-state index >= 15 is 0 Å². The van der Waals surface area contributed by atoms with Crippen molar-refractivity contribution in [3.63, 3.8) is 0 Å². The lowest BCUT2D eigenvalue weighted by molar-refractivity contribution is -0.123. The van der Waals surface area contributed by atoms with Crippen LogP contribution in [0, 0.1) is 5.82 Å². The van der Waals surface area contributed by atoms with Gasteiger partial charge >= 0.3 is 0 Å². The first-order valence-corrected chi connectivity index (χ1v) is 6.91. The highest BCUT2D eigenvalue weighted by Crippen LogP contribution is 2.34. The molecule has 0 saturated carbocycles. The second-order valence-corrected chi connectivity index (χ2v) is 5.61. The van der Waals surface area contributed by atoms with Crippen LogP contribution in [0.15, 0.2) is 18.2 Å². The number of hydrogen-bond acceptors (Lipinski definition) is 4. The van der Waals surface area contributed by atoms with Crippen molar-refractivity contribution < 1.29 is 14.0 Å².